The van der Waals surface area contributed by atoms with Gasteiger partial charge in [0, 0.05) is 13.0 Å². The number of unbranched alkanes of at least 4 members (excludes halogenated alkanes) is 5. The predicted molar refractivity (Wildman–Crippen MR) is 129 cm³/mol. The number of ether oxygens (including phenoxy) is 2. The lowest BCUT2D eigenvalue weighted by Crippen LogP contribution is -2.29. The van der Waals surface area contributed by atoms with E-state index in [1.165, 1.54) is 42.3 Å². The van der Waals surface area contributed by atoms with Crippen molar-refractivity contribution >= 4 is 46.3 Å². The summed E-state index contributed by atoms with van der Waals surface area (Å²) in [5, 5.41) is 8.77. The molecule has 1 aromatic rings. The molecule has 1 N–H and O–H groups in total. The molecule has 1 aliphatic rings. The van der Waals surface area contributed by atoms with Gasteiger partial charge in [-0.2, -0.15) is 0 Å². The van der Waals surface area contributed by atoms with Crippen LogP contribution in [-0.4, -0.2) is 46.5 Å². The van der Waals surface area contributed by atoms with E-state index in [4.69, 9.17) is 26.8 Å². The first-order chi connectivity index (χ1) is 15.0. The van der Waals surface area contributed by atoms with E-state index < -0.39 is 5.97 Å². The lowest BCUT2D eigenvalue weighted by Gasteiger charge is -2.13. The minimum Gasteiger partial charge on any atom is -0.493 e. The number of carbonyl (C=O) groups is 2. The number of carboxylic acid groups (broad SMARTS) is 1. The zero-order valence-electron chi connectivity index (χ0n) is 18.2. The third kappa shape index (κ3) is 8.18. The molecule has 31 heavy (non-hydrogen) atoms. The van der Waals surface area contributed by atoms with Crippen LogP contribution >= 0.6 is 24.0 Å². The fourth-order valence-electron chi connectivity index (χ4n) is 3.19. The Bertz CT molecular complexity index is 809. The highest BCUT2D eigenvalue weighted by Gasteiger charge is 2.31. The van der Waals surface area contributed by atoms with Gasteiger partial charge in [0.25, 0.3) is 5.91 Å². The number of hydrogen-bond donors (Lipinski definition) is 1. The summed E-state index contributed by atoms with van der Waals surface area (Å²) in [5.74, 6) is 0.237. The monoisotopic (exact) mass is 465 g/mol. The van der Waals surface area contributed by atoms with Crippen molar-refractivity contribution in [3.05, 3.63) is 28.7 Å². The first kappa shape index (κ1) is 25.2. The van der Waals surface area contributed by atoms with Crippen LogP contribution in [0.25, 0.3) is 6.08 Å². The molecule has 1 saturated heterocycles. The average Bonchev–Trinajstić information content (AvgIpc) is 3.00. The second kappa shape index (κ2) is 13.4. The molecule has 2 rings (SSSR count). The summed E-state index contributed by atoms with van der Waals surface area (Å²) in [4.78, 5) is 25.3. The van der Waals surface area contributed by atoms with Gasteiger partial charge in [-0.25, -0.2) is 0 Å². The number of rotatable bonds is 14. The Hall–Kier alpha value is -2.06. The van der Waals surface area contributed by atoms with Gasteiger partial charge in [0.15, 0.2) is 11.5 Å². The predicted octanol–water partition coefficient (Wildman–Crippen LogP) is 5.50. The van der Waals surface area contributed by atoms with Gasteiger partial charge in [-0.1, -0.05) is 69.1 Å². The fourth-order valence-corrected chi connectivity index (χ4v) is 4.50. The summed E-state index contributed by atoms with van der Waals surface area (Å²) in [6, 6.07) is 5.58. The van der Waals surface area contributed by atoms with E-state index in [0.29, 0.717) is 40.3 Å². The Labute approximate surface area is 194 Å². The molecule has 0 aliphatic carbocycles. The molecule has 1 fully saturated rings. The van der Waals surface area contributed by atoms with Crippen LogP contribution < -0.4 is 9.47 Å². The molecule has 1 aromatic carbocycles. The van der Waals surface area contributed by atoms with Crippen molar-refractivity contribution in [1.29, 1.82) is 0 Å². The zero-order valence-corrected chi connectivity index (χ0v) is 19.9. The van der Waals surface area contributed by atoms with Crippen molar-refractivity contribution in [2.75, 3.05) is 20.3 Å². The first-order valence-corrected chi connectivity index (χ1v) is 12.0. The largest absolute Gasteiger partial charge is 0.493 e. The molecule has 6 nitrogen and oxygen atoms in total. The second-order valence-corrected chi connectivity index (χ2v) is 9.03. The van der Waals surface area contributed by atoms with E-state index in [2.05, 4.69) is 6.92 Å². The number of methoxy groups -OCH3 is 1. The highest BCUT2D eigenvalue weighted by Crippen LogP contribution is 2.35. The minimum atomic E-state index is -0.883. The van der Waals surface area contributed by atoms with Crippen molar-refractivity contribution in [2.45, 2.75) is 58.3 Å². The summed E-state index contributed by atoms with van der Waals surface area (Å²) < 4.78 is 11.8. The van der Waals surface area contributed by atoms with Gasteiger partial charge in [-0.3, -0.25) is 14.5 Å². The van der Waals surface area contributed by atoms with Crippen LogP contribution in [0.2, 0.25) is 0 Å². The molecule has 0 saturated carbocycles. The molecule has 170 valence electrons. The minimum absolute atomic E-state index is 0.00745. The second-order valence-electron chi connectivity index (χ2n) is 7.36. The van der Waals surface area contributed by atoms with Crippen LogP contribution in [0, 0.1) is 0 Å². The fraction of sp³-hybridized carbons (Fsp3) is 0.522. The van der Waals surface area contributed by atoms with Crippen LogP contribution in [0.15, 0.2) is 23.1 Å². The molecule has 0 radical (unpaired) electrons. The van der Waals surface area contributed by atoms with Crippen molar-refractivity contribution in [2.24, 2.45) is 0 Å². The van der Waals surface area contributed by atoms with Crippen molar-refractivity contribution in [3.63, 3.8) is 0 Å². The highest BCUT2D eigenvalue weighted by atomic mass is 32.2. The number of thioether (sulfide) groups is 1. The number of aliphatic carboxylic acids is 1. The van der Waals surface area contributed by atoms with Gasteiger partial charge in [0.1, 0.15) is 4.32 Å². The molecule has 1 amide bonds. The highest BCUT2D eigenvalue weighted by molar-refractivity contribution is 8.26. The maximum absolute atomic E-state index is 12.6. The zero-order chi connectivity index (χ0) is 22.6. The quantitative estimate of drug-likeness (QED) is 0.221. The summed E-state index contributed by atoms with van der Waals surface area (Å²) in [5.41, 5.74) is 0.815. The molecule has 0 aromatic heterocycles. The van der Waals surface area contributed by atoms with Crippen molar-refractivity contribution < 1.29 is 24.2 Å². The Morgan fingerprint density at radius 2 is 1.90 bits per heavy atom. The summed E-state index contributed by atoms with van der Waals surface area (Å²) >= 11 is 6.51. The van der Waals surface area contributed by atoms with Gasteiger partial charge in [-0.15, -0.1) is 0 Å². The lowest BCUT2D eigenvalue weighted by atomic mass is 10.1. The topological polar surface area (TPSA) is 76.1 Å². The molecule has 0 spiro atoms. The molecule has 8 heteroatoms. The average molecular weight is 466 g/mol. The molecular formula is C23H31NO5S2. The van der Waals surface area contributed by atoms with Gasteiger partial charge in [-0.05, 0) is 36.6 Å². The lowest BCUT2D eigenvalue weighted by molar-refractivity contribution is -0.137. The summed E-state index contributed by atoms with van der Waals surface area (Å²) in [6.45, 7) is 3.17. The summed E-state index contributed by atoms with van der Waals surface area (Å²) in [7, 11) is 1.60. The Morgan fingerprint density at radius 3 is 2.61 bits per heavy atom. The number of benzene rings is 1. The smallest absolute Gasteiger partial charge is 0.303 e. The van der Waals surface area contributed by atoms with E-state index in [0.717, 1.165) is 18.4 Å². The first-order valence-electron chi connectivity index (χ1n) is 10.7. The number of nitrogens with zero attached hydrogens (tertiary/aromatic N) is 1. The normalized spacial score (nSPS) is 15.0. The van der Waals surface area contributed by atoms with E-state index in [1.807, 2.05) is 18.2 Å². The van der Waals surface area contributed by atoms with Gasteiger partial charge in [0.05, 0.1) is 18.6 Å². The molecule has 0 atom stereocenters. The maximum atomic E-state index is 12.6. The van der Waals surface area contributed by atoms with E-state index in [9.17, 15) is 9.59 Å². The van der Waals surface area contributed by atoms with E-state index >= 15 is 0 Å². The number of carboxylic acids is 1. The van der Waals surface area contributed by atoms with Crippen LogP contribution in [0.5, 0.6) is 11.5 Å². The van der Waals surface area contributed by atoms with E-state index in [-0.39, 0.29) is 12.3 Å². The summed E-state index contributed by atoms with van der Waals surface area (Å²) in [6.07, 6.45) is 9.37. The maximum Gasteiger partial charge on any atom is 0.303 e. The van der Waals surface area contributed by atoms with Crippen LogP contribution in [0.3, 0.4) is 0 Å². The Balaban J connectivity index is 1.94. The van der Waals surface area contributed by atoms with Crippen LogP contribution in [-0.2, 0) is 9.59 Å². The van der Waals surface area contributed by atoms with E-state index in [1.54, 1.807) is 13.2 Å². The van der Waals surface area contributed by atoms with Gasteiger partial charge < -0.3 is 14.6 Å². The van der Waals surface area contributed by atoms with Crippen molar-refractivity contribution in [3.8, 4) is 11.5 Å². The Kier molecular flexibility index (Phi) is 10.9. The van der Waals surface area contributed by atoms with Crippen molar-refractivity contribution in [1.82, 2.24) is 4.90 Å². The standard InChI is InChI=1S/C23H31NO5S2/c1-3-4-5-6-7-8-14-29-18-12-11-17(15-19(18)28-2)16-20-22(27)24(23(30)31-20)13-9-10-21(25)26/h11-12,15-16H,3-10,13-14H2,1-2H3,(H,25,26)/b20-16+. The molecule has 0 unspecified atom stereocenters. The van der Waals surface area contributed by atoms with Gasteiger partial charge in [0.2, 0.25) is 0 Å². The Morgan fingerprint density at radius 1 is 1.16 bits per heavy atom. The van der Waals surface area contributed by atoms with Gasteiger partial charge >= 0.3 is 5.97 Å². The number of thiocarbonyl (C=S) groups is 1. The molecular weight excluding hydrogens is 434 g/mol. The number of carbonyl (C=O) groups excluding carboxylic acids is 1. The number of amides is 1. The third-order valence-corrected chi connectivity index (χ3v) is 6.26. The molecule has 1 heterocycles. The third-order valence-electron chi connectivity index (χ3n) is 4.89. The molecule has 0 bridgehead atoms. The number of hydrogen-bond acceptors (Lipinski definition) is 6. The SMILES string of the molecule is CCCCCCCCOc1ccc(/C=C2/SC(=S)N(CCCC(=O)O)C2=O)cc1OC. The van der Waals surface area contributed by atoms with Crippen LogP contribution in [0.4, 0.5) is 0 Å². The van der Waals surface area contributed by atoms with Crippen LogP contribution in [0.1, 0.15) is 63.9 Å². The molecule has 1 aliphatic heterocycles.